The van der Waals surface area contributed by atoms with Crippen molar-refractivity contribution in [3.8, 4) is 17.6 Å². The summed E-state index contributed by atoms with van der Waals surface area (Å²) in [6.07, 6.45) is 2.15. The molecule has 4 heterocycles. The van der Waals surface area contributed by atoms with Gasteiger partial charge in [0.1, 0.15) is 30.6 Å². The number of benzene rings is 3. The summed E-state index contributed by atoms with van der Waals surface area (Å²) in [5.41, 5.74) is 2.30. The number of aromatic nitrogens is 2. The molecule has 0 aliphatic carbocycles. The molecule has 1 aromatic heterocycles. The van der Waals surface area contributed by atoms with E-state index in [-0.39, 0.29) is 71.4 Å². The minimum Gasteiger partial charge on any atom is -0.487 e. The van der Waals surface area contributed by atoms with E-state index in [0.29, 0.717) is 30.2 Å². The Morgan fingerprint density at radius 2 is 1.75 bits per heavy atom. The lowest BCUT2D eigenvalue weighted by atomic mass is 9.77. The molecule has 3 aromatic carbocycles. The lowest BCUT2D eigenvalue weighted by Crippen LogP contribution is -2.55. The fraction of sp³-hybridized carbons (Fsp3) is 0.300. The summed E-state index contributed by atoms with van der Waals surface area (Å²) in [6, 6.07) is 17.9. The van der Waals surface area contributed by atoms with Crippen molar-refractivity contribution in [1.82, 2.24) is 25.1 Å². The Kier molecular flexibility index (Phi) is 11.1. The number of nitriles is 1. The fourth-order valence-corrected chi connectivity index (χ4v) is 7.68. The van der Waals surface area contributed by atoms with Crippen molar-refractivity contribution in [2.75, 3.05) is 35.9 Å². The van der Waals surface area contributed by atoms with E-state index in [4.69, 9.17) is 21.1 Å². The van der Waals surface area contributed by atoms with Crippen molar-refractivity contribution < 1.29 is 41.9 Å². The van der Waals surface area contributed by atoms with E-state index in [2.05, 4.69) is 31.4 Å². The van der Waals surface area contributed by atoms with Gasteiger partial charge >= 0.3 is 0 Å². The zero-order valence-electron chi connectivity index (χ0n) is 31.9. The Morgan fingerprint density at radius 1 is 1.02 bits per heavy atom. The number of nitrogens with zero attached hydrogens (tertiary/aromatic N) is 5. The Morgan fingerprint density at radius 3 is 2.44 bits per heavy atom. The number of nitrogens with one attached hydrogen (secondary N) is 3. The van der Waals surface area contributed by atoms with E-state index in [1.165, 1.54) is 24.4 Å². The van der Waals surface area contributed by atoms with Crippen LogP contribution < -0.4 is 24.8 Å². The van der Waals surface area contributed by atoms with Gasteiger partial charge in [-0.2, -0.15) is 5.26 Å². The van der Waals surface area contributed by atoms with Gasteiger partial charge in [0, 0.05) is 36.8 Å². The molecule has 7 rings (SSSR count). The van der Waals surface area contributed by atoms with E-state index < -0.39 is 45.1 Å². The van der Waals surface area contributed by atoms with Gasteiger partial charge in [-0.15, -0.1) is 0 Å². The van der Waals surface area contributed by atoms with Crippen LogP contribution in [0.2, 0.25) is 5.02 Å². The van der Waals surface area contributed by atoms with Gasteiger partial charge < -0.3 is 14.8 Å². The number of ether oxygens (including phenoxy) is 2. The highest BCUT2D eigenvalue weighted by Gasteiger charge is 2.44. The van der Waals surface area contributed by atoms with E-state index >= 15 is 0 Å². The average molecular weight is 841 g/mol. The third-order valence-electron chi connectivity index (χ3n) is 10.1. The van der Waals surface area contributed by atoms with Crippen molar-refractivity contribution in [2.45, 2.75) is 50.9 Å². The van der Waals surface area contributed by atoms with Crippen LogP contribution in [0.15, 0.2) is 66.9 Å². The predicted octanol–water partition coefficient (Wildman–Crippen LogP) is 3.38. The summed E-state index contributed by atoms with van der Waals surface area (Å²) in [5, 5.41) is 15.3. The monoisotopic (exact) mass is 840 g/mol. The van der Waals surface area contributed by atoms with E-state index in [0.717, 1.165) is 22.3 Å². The first-order valence-corrected chi connectivity index (χ1v) is 20.6. The van der Waals surface area contributed by atoms with E-state index in [1.807, 2.05) is 30.9 Å². The molecule has 2 fully saturated rings. The number of amides is 5. The molecular formula is C40H37ClN8O9S. The molecule has 3 aliphatic rings. The first-order chi connectivity index (χ1) is 28.0. The summed E-state index contributed by atoms with van der Waals surface area (Å²) in [6.45, 7) is 4.84. The molecule has 3 N–H and O–H groups in total. The molecule has 0 bridgehead atoms. The smallest absolute Gasteiger partial charge is 0.262 e. The second-order valence-corrected chi connectivity index (χ2v) is 17.0. The number of halogens is 1. The Labute approximate surface area is 343 Å². The van der Waals surface area contributed by atoms with Crippen LogP contribution in [0, 0.1) is 11.3 Å². The number of carbonyl (C=O) groups is 5. The highest BCUT2D eigenvalue weighted by Crippen LogP contribution is 2.39. The number of fused-ring (bicyclic) bond motifs is 1. The standard InChI is InChI=1S/C40H37ClN8O9S/c1-40(2,23-4-7-27(8-5-23)57-21-26-12-13-43-39(45-26)47-59(3,55)56)24-14-22(17-42)35(31(41)15-24)58-28-18-48(19-28)20-34(51)44-25-6-9-29-30(16-25)38(54)49(37(29)53)32-10-11-33(50)46-36(32)52/h4-9,12-16,28,32H,10-11,18-21H2,1-3H3,(H,44,51)(H,43,45,47)(H,46,50,52). The van der Waals surface area contributed by atoms with Crippen LogP contribution in [0.4, 0.5) is 11.6 Å². The van der Waals surface area contributed by atoms with Crippen LogP contribution in [-0.4, -0.2) is 95.8 Å². The van der Waals surface area contributed by atoms with Gasteiger partial charge in [-0.1, -0.05) is 37.6 Å². The van der Waals surface area contributed by atoms with Crippen LogP contribution in [0.1, 0.15) is 69.8 Å². The average Bonchev–Trinajstić information content (AvgIpc) is 3.41. The molecule has 5 amide bonds. The van der Waals surface area contributed by atoms with E-state index in [1.54, 1.807) is 30.3 Å². The summed E-state index contributed by atoms with van der Waals surface area (Å²) in [5.74, 6) is -2.10. The number of hydrogen-bond donors (Lipinski definition) is 3. The minimum atomic E-state index is -3.53. The molecule has 3 aliphatic heterocycles. The Bertz CT molecular complexity index is 2550. The molecule has 0 saturated carbocycles. The topological polar surface area (TPSA) is 230 Å². The van der Waals surface area contributed by atoms with Crippen LogP contribution in [-0.2, 0) is 36.4 Å². The maximum Gasteiger partial charge on any atom is 0.262 e. The second kappa shape index (κ2) is 16.1. The number of likely N-dealkylation sites (tertiary alicyclic amines) is 1. The fourth-order valence-electron chi connectivity index (χ4n) is 6.99. The number of imide groups is 2. The van der Waals surface area contributed by atoms with Gasteiger partial charge in [-0.05, 0) is 66.1 Å². The first kappa shape index (κ1) is 40.8. The summed E-state index contributed by atoms with van der Waals surface area (Å²) in [7, 11) is -3.53. The molecule has 1 atom stereocenters. The minimum absolute atomic E-state index is 0.00638. The molecule has 2 saturated heterocycles. The van der Waals surface area contributed by atoms with Crippen LogP contribution in [0.25, 0.3) is 0 Å². The van der Waals surface area contributed by atoms with Crippen molar-refractivity contribution in [2.24, 2.45) is 0 Å². The molecule has 17 nitrogen and oxygen atoms in total. The largest absolute Gasteiger partial charge is 0.487 e. The highest BCUT2D eigenvalue weighted by atomic mass is 35.5. The van der Waals surface area contributed by atoms with Crippen molar-refractivity contribution in [1.29, 1.82) is 5.26 Å². The van der Waals surface area contributed by atoms with Crippen LogP contribution >= 0.6 is 11.6 Å². The number of carbonyl (C=O) groups excluding carboxylic acids is 5. The third-order valence-corrected chi connectivity index (χ3v) is 11.0. The maximum atomic E-state index is 13.2. The second-order valence-electron chi connectivity index (χ2n) is 14.8. The predicted molar refractivity (Wildman–Crippen MR) is 212 cm³/mol. The molecule has 0 radical (unpaired) electrons. The number of hydrogen-bond acceptors (Lipinski definition) is 13. The summed E-state index contributed by atoms with van der Waals surface area (Å²) < 4.78 is 37.3. The Balaban J connectivity index is 0.919. The first-order valence-electron chi connectivity index (χ1n) is 18.3. The lowest BCUT2D eigenvalue weighted by Gasteiger charge is -2.38. The van der Waals surface area contributed by atoms with E-state index in [9.17, 15) is 37.7 Å². The number of piperidine rings is 1. The SMILES string of the molecule is CC(C)(c1ccc(OCc2ccnc(NS(C)(=O)=O)n2)cc1)c1cc(Cl)c(OC2CN(CC(=O)Nc3ccc4c(c3)C(=O)N(C3CCC(=O)NC3=O)C4=O)C2)c(C#N)c1. The normalized spacial score (nSPS) is 17.1. The molecule has 4 aromatic rings. The van der Waals surface area contributed by atoms with Gasteiger partial charge in [0.05, 0.1) is 40.2 Å². The van der Waals surface area contributed by atoms with Gasteiger partial charge in [0.2, 0.25) is 33.7 Å². The van der Waals surface area contributed by atoms with Crippen molar-refractivity contribution in [3.05, 3.63) is 105 Å². The number of anilines is 2. The lowest BCUT2D eigenvalue weighted by molar-refractivity contribution is -0.136. The molecule has 19 heteroatoms. The van der Waals surface area contributed by atoms with Crippen LogP contribution in [0.5, 0.6) is 11.5 Å². The van der Waals surface area contributed by atoms with Gasteiger partial charge in [-0.3, -0.25) is 43.8 Å². The molecular weight excluding hydrogens is 804 g/mol. The van der Waals surface area contributed by atoms with Crippen molar-refractivity contribution >= 4 is 62.8 Å². The molecule has 0 spiro atoms. The molecule has 1 unspecified atom stereocenters. The molecule has 59 heavy (non-hydrogen) atoms. The van der Waals surface area contributed by atoms with Gasteiger partial charge in [0.25, 0.3) is 11.8 Å². The van der Waals surface area contributed by atoms with Crippen molar-refractivity contribution in [3.63, 3.8) is 0 Å². The third kappa shape index (κ3) is 8.87. The number of sulfonamides is 1. The van der Waals surface area contributed by atoms with Crippen LogP contribution in [0.3, 0.4) is 0 Å². The zero-order valence-corrected chi connectivity index (χ0v) is 33.5. The number of rotatable bonds is 13. The highest BCUT2D eigenvalue weighted by molar-refractivity contribution is 7.92. The maximum absolute atomic E-state index is 13.2. The quantitative estimate of drug-likeness (QED) is 0.164. The zero-order chi connectivity index (χ0) is 42.2. The van der Waals surface area contributed by atoms with Gasteiger partial charge in [0.15, 0.2) is 5.75 Å². The Hall–Kier alpha value is -6.42. The summed E-state index contributed by atoms with van der Waals surface area (Å²) in [4.78, 5) is 73.7. The summed E-state index contributed by atoms with van der Waals surface area (Å²) >= 11 is 6.74. The van der Waals surface area contributed by atoms with Gasteiger partial charge in [-0.25, -0.2) is 18.4 Å². The molecule has 304 valence electrons.